The summed E-state index contributed by atoms with van der Waals surface area (Å²) in [4.78, 5) is 0. The highest BCUT2D eigenvalue weighted by Gasteiger charge is 2.32. The van der Waals surface area contributed by atoms with Crippen LogP contribution in [0.15, 0.2) is 0 Å². The molecule has 0 atom stereocenters. The first-order valence-electron chi connectivity index (χ1n) is 7.94. The first-order chi connectivity index (χ1) is 8.22. The fourth-order valence-corrected chi connectivity index (χ4v) is 3.82. The second-order valence-corrected chi connectivity index (χ2v) is 6.62. The Kier molecular flexibility index (Phi) is 4.90. The van der Waals surface area contributed by atoms with Crippen LogP contribution < -0.4 is 0 Å². The lowest BCUT2D eigenvalue weighted by atomic mass is 9.74. The van der Waals surface area contributed by atoms with Crippen molar-refractivity contribution >= 4 is 0 Å². The van der Waals surface area contributed by atoms with Crippen LogP contribution in [-0.2, 0) is 0 Å². The minimum atomic E-state index is -0.289. The van der Waals surface area contributed by atoms with Gasteiger partial charge in [-0.15, -0.1) is 0 Å². The highest BCUT2D eigenvalue weighted by Crippen LogP contribution is 2.38. The Labute approximate surface area is 107 Å². The van der Waals surface area contributed by atoms with Gasteiger partial charge in [-0.2, -0.15) is 0 Å². The molecule has 0 aromatic carbocycles. The SMILES string of the molecule is CCC1CCC(O)(CCC2CCCCC2)CC1. The van der Waals surface area contributed by atoms with Gasteiger partial charge in [0.05, 0.1) is 5.60 Å². The molecule has 0 amide bonds. The highest BCUT2D eigenvalue weighted by molar-refractivity contribution is 4.86. The first kappa shape index (κ1) is 13.4. The molecule has 0 saturated heterocycles. The summed E-state index contributed by atoms with van der Waals surface area (Å²) in [6, 6.07) is 0. The predicted octanol–water partition coefficient (Wildman–Crippen LogP) is 4.68. The fraction of sp³-hybridized carbons (Fsp3) is 1.00. The summed E-state index contributed by atoms with van der Waals surface area (Å²) in [5.74, 6) is 1.82. The van der Waals surface area contributed by atoms with Crippen LogP contribution in [0.2, 0.25) is 0 Å². The maximum absolute atomic E-state index is 10.6. The summed E-state index contributed by atoms with van der Waals surface area (Å²) in [6.45, 7) is 2.29. The third-order valence-electron chi connectivity index (χ3n) is 5.36. The topological polar surface area (TPSA) is 20.2 Å². The highest BCUT2D eigenvalue weighted by atomic mass is 16.3. The van der Waals surface area contributed by atoms with Crippen LogP contribution >= 0.6 is 0 Å². The first-order valence-corrected chi connectivity index (χ1v) is 7.94. The summed E-state index contributed by atoms with van der Waals surface area (Å²) in [5.41, 5.74) is -0.289. The Morgan fingerprint density at radius 1 is 0.941 bits per heavy atom. The van der Waals surface area contributed by atoms with Crippen molar-refractivity contribution < 1.29 is 5.11 Å². The molecule has 17 heavy (non-hydrogen) atoms. The molecule has 2 aliphatic rings. The molecule has 0 heterocycles. The zero-order chi connectivity index (χ0) is 12.1. The van der Waals surface area contributed by atoms with Crippen LogP contribution in [0.5, 0.6) is 0 Å². The average Bonchev–Trinajstić information content (AvgIpc) is 2.39. The summed E-state index contributed by atoms with van der Waals surface area (Å²) >= 11 is 0. The molecule has 0 spiro atoms. The molecule has 1 N–H and O–H groups in total. The maximum Gasteiger partial charge on any atom is 0.0648 e. The van der Waals surface area contributed by atoms with Crippen LogP contribution in [0.25, 0.3) is 0 Å². The maximum atomic E-state index is 10.6. The summed E-state index contributed by atoms with van der Waals surface area (Å²) in [7, 11) is 0. The zero-order valence-corrected chi connectivity index (χ0v) is 11.6. The van der Waals surface area contributed by atoms with Gasteiger partial charge in [0.25, 0.3) is 0 Å². The number of hydrogen-bond donors (Lipinski definition) is 1. The van der Waals surface area contributed by atoms with Crippen molar-refractivity contribution in [3.05, 3.63) is 0 Å². The predicted molar refractivity (Wildman–Crippen MR) is 73.0 cm³/mol. The molecule has 2 fully saturated rings. The monoisotopic (exact) mass is 238 g/mol. The standard InChI is InChI=1S/C16H30O/c1-2-14-8-11-16(17,12-9-14)13-10-15-6-4-3-5-7-15/h14-15,17H,2-13H2,1H3. The fourth-order valence-electron chi connectivity index (χ4n) is 3.82. The van der Waals surface area contributed by atoms with Gasteiger partial charge in [0.2, 0.25) is 0 Å². The smallest absolute Gasteiger partial charge is 0.0648 e. The Bertz CT molecular complexity index is 210. The molecular formula is C16H30O. The summed E-state index contributed by atoms with van der Waals surface area (Å²) in [5, 5.41) is 10.6. The lowest BCUT2D eigenvalue weighted by molar-refractivity contribution is -0.0226. The molecule has 1 nitrogen and oxygen atoms in total. The molecule has 0 radical (unpaired) electrons. The zero-order valence-electron chi connectivity index (χ0n) is 11.6. The van der Waals surface area contributed by atoms with Crippen LogP contribution in [0, 0.1) is 11.8 Å². The van der Waals surface area contributed by atoms with E-state index in [1.807, 2.05) is 0 Å². The number of aliphatic hydroxyl groups is 1. The van der Waals surface area contributed by atoms with Gasteiger partial charge in [0.1, 0.15) is 0 Å². The summed E-state index contributed by atoms with van der Waals surface area (Å²) < 4.78 is 0. The molecule has 1 heteroatoms. The molecule has 0 aliphatic heterocycles. The normalized spacial score (nSPS) is 36.0. The van der Waals surface area contributed by atoms with E-state index in [1.165, 1.54) is 57.8 Å². The Hall–Kier alpha value is -0.0400. The molecule has 0 aromatic rings. The van der Waals surface area contributed by atoms with Gasteiger partial charge in [-0.1, -0.05) is 45.4 Å². The van der Waals surface area contributed by atoms with E-state index in [4.69, 9.17) is 0 Å². The third kappa shape index (κ3) is 3.98. The van der Waals surface area contributed by atoms with E-state index in [2.05, 4.69) is 6.92 Å². The minimum absolute atomic E-state index is 0.289. The Morgan fingerprint density at radius 2 is 1.59 bits per heavy atom. The van der Waals surface area contributed by atoms with Crippen LogP contribution in [0.4, 0.5) is 0 Å². The molecule has 2 aliphatic carbocycles. The Morgan fingerprint density at radius 3 is 2.18 bits per heavy atom. The van der Waals surface area contributed by atoms with E-state index in [-0.39, 0.29) is 5.60 Å². The molecule has 0 unspecified atom stereocenters. The van der Waals surface area contributed by atoms with E-state index < -0.39 is 0 Å². The van der Waals surface area contributed by atoms with Crippen molar-refractivity contribution in [2.45, 2.75) is 89.6 Å². The van der Waals surface area contributed by atoms with Crippen LogP contribution in [0.1, 0.15) is 84.0 Å². The van der Waals surface area contributed by atoms with Gasteiger partial charge < -0.3 is 5.11 Å². The van der Waals surface area contributed by atoms with Gasteiger partial charge in [0, 0.05) is 0 Å². The second-order valence-electron chi connectivity index (χ2n) is 6.62. The second kappa shape index (κ2) is 6.22. The van der Waals surface area contributed by atoms with E-state index in [9.17, 15) is 5.11 Å². The molecular weight excluding hydrogens is 208 g/mol. The quantitative estimate of drug-likeness (QED) is 0.754. The molecule has 0 bridgehead atoms. The lowest BCUT2D eigenvalue weighted by Crippen LogP contribution is -2.34. The van der Waals surface area contributed by atoms with Gasteiger partial charge in [0.15, 0.2) is 0 Å². The largest absolute Gasteiger partial charge is 0.390 e. The number of hydrogen-bond acceptors (Lipinski definition) is 1. The van der Waals surface area contributed by atoms with E-state index in [0.717, 1.165) is 31.1 Å². The van der Waals surface area contributed by atoms with Crippen molar-refractivity contribution in [1.82, 2.24) is 0 Å². The van der Waals surface area contributed by atoms with Gasteiger partial charge in [-0.05, 0) is 50.4 Å². The third-order valence-corrected chi connectivity index (χ3v) is 5.36. The summed E-state index contributed by atoms with van der Waals surface area (Å²) in [6.07, 6.45) is 15.5. The van der Waals surface area contributed by atoms with Gasteiger partial charge in [-0.25, -0.2) is 0 Å². The van der Waals surface area contributed by atoms with E-state index in [0.29, 0.717) is 0 Å². The molecule has 0 aromatic heterocycles. The van der Waals surface area contributed by atoms with Crippen molar-refractivity contribution in [2.75, 3.05) is 0 Å². The lowest BCUT2D eigenvalue weighted by Gasteiger charge is -2.37. The van der Waals surface area contributed by atoms with Gasteiger partial charge in [-0.3, -0.25) is 0 Å². The number of rotatable bonds is 4. The van der Waals surface area contributed by atoms with Crippen molar-refractivity contribution in [3.8, 4) is 0 Å². The van der Waals surface area contributed by atoms with Gasteiger partial charge >= 0.3 is 0 Å². The van der Waals surface area contributed by atoms with Crippen molar-refractivity contribution in [1.29, 1.82) is 0 Å². The van der Waals surface area contributed by atoms with E-state index >= 15 is 0 Å². The van der Waals surface area contributed by atoms with Crippen molar-refractivity contribution in [3.63, 3.8) is 0 Å². The van der Waals surface area contributed by atoms with Crippen LogP contribution in [0.3, 0.4) is 0 Å². The average molecular weight is 238 g/mol. The Balaban J connectivity index is 1.70. The molecule has 100 valence electrons. The van der Waals surface area contributed by atoms with E-state index in [1.54, 1.807) is 0 Å². The minimum Gasteiger partial charge on any atom is -0.390 e. The van der Waals surface area contributed by atoms with Crippen molar-refractivity contribution in [2.24, 2.45) is 11.8 Å². The molecule has 2 rings (SSSR count). The molecule has 2 saturated carbocycles. The van der Waals surface area contributed by atoms with Crippen LogP contribution in [-0.4, -0.2) is 10.7 Å².